The second kappa shape index (κ2) is 6.27. The summed E-state index contributed by atoms with van der Waals surface area (Å²) >= 11 is 1.79. The van der Waals surface area contributed by atoms with Crippen LogP contribution >= 0.6 is 11.3 Å². The molecule has 0 aromatic carbocycles. The van der Waals surface area contributed by atoms with Gasteiger partial charge in [0.15, 0.2) is 0 Å². The van der Waals surface area contributed by atoms with Gasteiger partial charge in [-0.3, -0.25) is 9.69 Å². The molecule has 1 aromatic heterocycles. The summed E-state index contributed by atoms with van der Waals surface area (Å²) in [5.41, 5.74) is 0. The van der Waals surface area contributed by atoms with E-state index in [4.69, 9.17) is 0 Å². The van der Waals surface area contributed by atoms with Crippen molar-refractivity contribution in [3.8, 4) is 0 Å². The number of amides is 1. The van der Waals surface area contributed by atoms with Gasteiger partial charge in [-0.2, -0.15) is 0 Å². The molecule has 1 unspecified atom stereocenters. The Morgan fingerprint density at radius 3 is 2.90 bits per heavy atom. The number of hydrogen-bond acceptors (Lipinski definition) is 3. The van der Waals surface area contributed by atoms with Gasteiger partial charge in [0.1, 0.15) is 0 Å². The number of thiophene rings is 1. The number of piperidine rings is 1. The molecule has 20 heavy (non-hydrogen) atoms. The molecule has 1 saturated carbocycles. The van der Waals surface area contributed by atoms with Crippen molar-refractivity contribution < 1.29 is 4.79 Å². The van der Waals surface area contributed by atoms with E-state index in [0.717, 1.165) is 13.1 Å². The van der Waals surface area contributed by atoms with E-state index in [1.807, 2.05) is 0 Å². The highest BCUT2D eigenvalue weighted by Crippen LogP contribution is 2.29. The lowest BCUT2D eigenvalue weighted by molar-refractivity contribution is -0.136. The Hall–Kier alpha value is -0.870. The zero-order valence-corrected chi connectivity index (χ0v) is 13.1. The van der Waals surface area contributed by atoms with Crippen molar-refractivity contribution >= 4 is 17.2 Å². The average Bonchev–Trinajstić information content (AvgIpc) is 3.17. The van der Waals surface area contributed by atoms with E-state index in [9.17, 15) is 4.79 Å². The molecule has 2 heterocycles. The van der Waals surface area contributed by atoms with Crippen LogP contribution in [0.25, 0.3) is 0 Å². The van der Waals surface area contributed by atoms with Crippen LogP contribution in [0.5, 0.6) is 0 Å². The summed E-state index contributed by atoms with van der Waals surface area (Å²) < 4.78 is 0. The summed E-state index contributed by atoms with van der Waals surface area (Å²) in [6.07, 6.45) is 6.12. The fourth-order valence-electron chi connectivity index (χ4n) is 3.09. The molecule has 1 aliphatic carbocycles. The van der Waals surface area contributed by atoms with Crippen LogP contribution in [0.15, 0.2) is 17.5 Å². The Morgan fingerprint density at radius 1 is 1.40 bits per heavy atom. The minimum atomic E-state index is 0.334. The number of hydrogen-bond donors (Lipinski definition) is 0. The third-order valence-electron chi connectivity index (χ3n) is 4.46. The molecule has 1 aliphatic heterocycles. The summed E-state index contributed by atoms with van der Waals surface area (Å²) in [5.74, 6) is 0.334. The van der Waals surface area contributed by atoms with Crippen molar-refractivity contribution in [2.24, 2.45) is 0 Å². The van der Waals surface area contributed by atoms with Crippen LogP contribution in [0.2, 0.25) is 0 Å². The molecule has 0 bridgehead atoms. The van der Waals surface area contributed by atoms with Gasteiger partial charge in [0, 0.05) is 30.1 Å². The van der Waals surface area contributed by atoms with Crippen molar-refractivity contribution in [3.63, 3.8) is 0 Å². The fraction of sp³-hybridized carbons (Fsp3) is 0.688. The van der Waals surface area contributed by atoms with Crippen molar-refractivity contribution in [2.75, 3.05) is 13.1 Å². The fourth-order valence-corrected chi connectivity index (χ4v) is 3.82. The molecule has 4 heteroatoms. The van der Waals surface area contributed by atoms with Gasteiger partial charge in [0.05, 0.1) is 6.54 Å². The van der Waals surface area contributed by atoms with Crippen molar-refractivity contribution in [3.05, 3.63) is 22.4 Å². The smallest absolute Gasteiger partial charge is 0.237 e. The van der Waals surface area contributed by atoms with E-state index in [0.29, 0.717) is 24.5 Å². The van der Waals surface area contributed by atoms with Crippen molar-refractivity contribution in [1.29, 1.82) is 0 Å². The van der Waals surface area contributed by atoms with E-state index >= 15 is 0 Å². The standard InChI is InChI=1S/C16H24N2OS/c1-13-5-2-3-9-18(13)16(19)12-17(14-7-8-14)11-15-6-4-10-20-15/h4,6,10,13-14H,2-3,5,7-9,11-12H2,1H3. The second-order valence-electron chi connectivity index (χ2n) is 6.15. The molecule has 0 radical (unpaired) electrons. The molecule has 2 aliphatic rings. The monoisotopic (exact) mass is 292 g/mol. The summed E-state index contributed by atoms with van der Waals surface area (Å²) in [4.78, 5) is 18.4. The summed E-state index contributed by atoms with van der Waals surface area (Å²) in [7, 11) is 0. The number of likely N-dealkylation sites (tertiary alicyclic amines) is 1. The van der Waals surface area contributed by atoms with E-state index in [1.165, 1.54) is 37.0 Å². The van der Waals surface area contributed by atoms with Crippen LogP contribution in [-0.4, -0.2) is 40.9 Å². The maximum Gasteiger partial charge on any atom is 0.237 e. The lowest BCUT2D eigenvalue weighted by Crippen LogP contribution is -2.47. The lowest BCUT2D eigenvalue weighted by atomic mass is 10.0. The van der Waals surface area contributed by atoms with Gasteiger partial charge in [-0.05, 0) is 50.5 Å². The number of carbonyl (C=O) groups is 1. The SMILES string of the molecule is CC1CCCCN1C(=O)CN(Cc1cccs1)C1CC1. The van der Waals surface area contributed by atoms with Gasteiger partial charge < -0.3 is 4.90 Å². The Balaban J connectivity index is 1.59. The molecule has 2 fully saturated rings. The quantitative estimate of drug-likeness (QED) is 0.832. The van der Waals surface area contributed by atoms with Crippen LogP contribution in [0.1, 0.15) is 43.9 Å². The first-order valence-electron chi connectivity index (χ1n) is 7.80. The van der Waals surface area contributed by atoms with E-state index in [-0.39, 0.29) is 0 Å². The number of carbonyl (C=O) groups excluding carboxylic acids is 1. The van der Waals surface area contributed by atoms with Crippen LogP contribution in [0, 0.1) is 0 Å². The first-order chi connectivity index (χ1) is 9.74. The predicted octanol–water partition coefficient (Wildman–Crippen LogP) is 3.11. The molecule has 1 saturated heterocycles. The Bertz CT molecular complexity index is 441. The molecular formula is C16H24N2OS. The first-order valence-corrected chi connectivity index (χ1v) is 8.68. The summed E-state index contributed by atoms with van der Waals surface area (Å²) in [6, 6.07) is 5.34. The Labute approximate surface area is 125 Å². The molecule has 3 nitrogen and oxygen atoms in total. The topological polar surface area (TPSA) is 23.6 Å². The minimum Gasteiger partial charge on any atom is -0.339 e. The average molecular weight is 292 g/mol. The number of nitrogens with zero attached hydrogens (tertiary/aromatic N) is 2. The first kappa shape index (κ1) is 14.1. The third kappa shape index (κ3) is 3.41. The zero-order valence-electron chi connectivity index (χ0n) is 12.3. The molecular weight excluding hydrogens is 268 g/mol. The van der Waals surface area contributed by atoms with Gasteiger partial charge in [-0.15, -0.1) is 11.3 Å². The van der Waals surface area contributed by atoms with Gasteiger partial charge >= 0.3 is 0 Å². The molecule has 0 spiro atoms. The minimum absolute atomic E-state index is 0.334. The van der Waals surface area contributed by atoms with Crippen LogP contribution in [-0.2, 0) is 11.3 Å². The third-order valence-corrected chi connectivity index (χ3v) is 5.33. The van der Waals surface area contributed by atoms with Crippen LogP contribution in [0.3, 0.4) is 0 Å². The van der Waals surface area contributed by atoms with E-state index in [2.05, 4.69) is 34.2 Å². The highest BCUT2D eigenvalue weighted by Gasteiger charge is 2.32. The highest BCUT2D eigenvalue weighted by atomic mass is 32.1. The molecule has 0 N–H and O–H groups in total. The van der Waals surface area contributed by atoms with Crippen LogP contribution in [0.4, 0.5) is 0 Å². The van der Waals surface area contributed by atoms with Gasteiger partial charge in [-0.1, -0.05) is 6.07 Å². The van der Waals surface area contributed by atoms with Crippen molar-refractivity contribution in [1.82, 2.24) is 9.80 Å². The lowest BCUT2D eigenvalue weighted by Gasteiger charge is -2.35. The van der Waals surface area contributed by atoms with E-state index in [1.54, 1.807) is 11.3 Å². The molecule has 3 rings (SSSR count). The van der Waals surface area contributed by atoms with E-state index < -0.39 is 0 Å². The van der Waals surface area contributed by atoms with Gasteiger partial charge in [0.2, 0.25) is 5.91 Å². The summed E-state index contributed by atoms with van der Waals surface area (Å²) in [5, 5.41) is 2.12. The van der Waals surface area contributed by atoms with Gasteiger partial charge in [0.25, 0.3) is 0 Å². The largest absolute Gasteiger partial charge is 0.339 e. The molecule has 1 amide bonds. The van der Waals surface area contributed by atoms with Gasteiger partial charge in [-0.25, -0.2) is 0 Å². The highest BCUT2D eigenvalue weighted by molar-refractivity contribution is 7.09. The Morgan fingerprint density at radius 2 is 2.25 bits per heavy atom. The Kier molecular flexibility index (Phi) is 4.41. The van der Waals surface area contributed by atoms with Crippen LogP contribution < -0.4 is 0 Å². The normalized spacial score (nSPS) is 23.3. The second-order valence-corrected chi connectivity index (χ2v) is 7.18. The molecule has 1 atom stereocenters. The maximum absolute atomic E-state index is 12.6. The number of rotatable bonds is 5. The molecule has 110 valence electrons. The summed E-state index contributed by atoms with van der Waals surface area (Å²) in [6.45, 7) is 4.69. The maximum atomic E-state index is 12.6. The zero-order chi connectivity index (χ0) is 13.9. The molecule has 1 aromatic rings. The predicted molar refractivity (Wildman–Crippen MR) is 82.8 cm³/mol. The van der Waals surface area contributed by atoms with Crippen molar-refractivity contribution in [2.45, 2.75) is 57.7 Å².